The summed E-state index contributed by atoms with van der Waals surface area (Å²) in [5.74, 6) is -0.402. The predicted molar refractivity (Wildman–Crippen MR) is 92.6 cm³/mol. The fourth-order valence-corrected chi connectivity index (χ4v) is 3.75. The predicted octanol–water partition coefficient (Wildman–Crippen LogP) is 2.62. The Morgan fingerprint density at radius 1 is 1.29 bits per heavy atom. The normalized spacial score (nSPS) is 16.7. The van der Waals surface area contributed by atoms with Crippen LogP contribution >= 0.6 is 11.3 Å². The molecule has 3 rings (SSSR count). The third kappa shape index (κ3) is 4.63. The molecule has 1 N–H and O–H groups in total. The van der Waals surface area contributed by atoms with Crippen molar-refractivity contribution in [1.82, 2.24) is 10.2 Å². The van der Waals surface area contributed by atoms with Gasteiger partial charge in [-0.2, -0.15) is 0 Å². The molecule has 6 heteroatoms. The molecule has 1 unspecified atom stereocenters. The van der Waals surface area contributed by atoms with Crippen LogP contribution in [0.4, 0.5) is 4.39 Å². The third-order valence-corrected chi connectivity index (χ3v) is 5.08. The van der Waals surface area contributed by atoms with E-state index in [0.717, 1.165) is 26.3 Å². The van der Waals surface area contributed by atoms with Crippen LogP contribution in [0.25, 0.3) is 0 Å². The molecular formula is C18H21FN2O2S. The fourth-order valence-electron chi connectivity index (χ4n) is 2.88. The average molecular weight is 348 g/mol. The fraction of sp³-hybridized carbons (Fsp3) is 0.389. The molecule has 1 amide bonds. The number of hydrogen-bond donors (Lipinski definition) is 1. The minimum Gasteiger partial charge on any atom is -0.379 e. The van der Waals surface area contributed by atoms with Gasteiger partial charge in [-0.1, -0.05) is 18.2 Å². The molecule has 1 atom stereocenters. The second-order valence-electron chi connectivity index (χ2n) is 5.79. The van der Waals surface area contributed by atoms with Gasteiger partial charge in [0.15, 0.2) is 0 Å². The van der Waals surface area contributed by atoms with E-state index >= 15 is 0 Å². The maximum atomic E-state index is 13.2. The number of amides is 1. The first-order valence-electron chi connectivity index (χ1n) is 8.09. The Morgan fingerprint density at radius 2 is 2.12 bits per heavy atom. The molecular weight excluding hydrogens is 327 g/mol. The first kappa shape index (κ1) is 17.1. The summed E-state index contributed by atoms with van der Waals surface area (Å²) in [7, 11) is 0. The number of ether oxygens (including phenoxy) is 1. The van der Waals surface area contributed by atoms with Gasteiger partial charge in [0, 0.05) is 24.5 Å². The van der Waals surface area contributed by atoms with Crippen LogP contribution in [-0.2, 0) is 16.0 Å². The first-order chi connectivity index (χ1) is 11.7. The summed E-state index contributed by atoms with van der Waals surface area (Å²) in [5.41, 5.74) is 0.687. The summed E-state index contributed by atoms with van der Waals surface area (Å²) >= 11 is 1.70. The van der Waals surface area contributed by atoms with Crippen LogP contribution in [0.1, 0.15) is 16.5 Å². The molecule has 1 aliphatic heterocycles. The van der Waals surface area contributed by atoms with Gasteiger partial charge in [0.25, 0.3) is 0 Å². The molecule has 0 aliphatic carbocycles. The Kier molecular flexibility index (Phi) is 5.96. The van der Waals surface area contributed by atoms with Crippen LogP contribution in [0.2, 0.25) is 0 Å². The van der Waals surface area contributed by atoms with E-state index in [1.807, 2.05) is 6.07 Å². The van der Waals surface area contributed by atoms with E-state index in [0.29, 0.717) is 12.1 Å². The van der Waals surface area contributed by atoms with E-state index in [1.54, 1.807) is 23.5 Å². The lowest BCUT2D eigenvalue weighted by atomic mass is 10.1. The molecule has 4 nitrogen and oxygen atoms in total. The van der Waals surface area contributed by atoms with E-state index in [4.69, 9.17) is 4.74 Å². The molecule has 2 aromatic rings. The smallest absolute Gasteiger partial charge is 0.224 e. The lowest BCUT2D eigenvalue weighted by Gasteiger charge is -2.34. The Balaban J connectivity index is 1.59. The van der Waals surface area contributed by atoms with Gasteiger partial charge >= 0.3 is 0 Å². The molecule has 1 aromatic carbocycles. The number of nitrogens with one attached hydrogen (secondary N) is 1. The molecule has 0 bridgehead atoms. The van der Waals surface area contributed by atoms with Gasteiger partial charge in [0.05, 0.1) is 25.7 Å². The van der Waals surface area contributed by atoms with Crippen LogP contribution in [0.3, 0.4) is 0 Å². The van der Waals surface area contributed by atoms with E-state index in [1.165, 1.54) is 17.0 Å². The summed E-state index contributed by atoms with van der Waals surface area (Å²) in [4.78, 5) is 15.8. The summed E-state index contributed by atoms with van der Waals surface area (Å²) in [5, 5.41) is 5.05. The van der Waals surface area contributed by atoms with Gasteiger partial charge in [-0.25, -0.2) is 4.39 Å². The standard InChI is InChI=1S/C18H21FN2O2S/c19-15-4-1-3-14(11-15)12-18(22)20-13-16(17-5-2-10-24-17)21-6-8-23-9-7-21/h1-5,10-11,16H,6-9,12-13H2,(H,20,22). The molecule has 0 spiro atoms. The molecule has 1 saturated heterocycles. The zero-order valence-electron chi connectivity index (χ0n) is 13.4. The minimum atomic E-state index is -0.315. The van der Waals surface area contributed by atoms with E-state index in [2.05, 4.69) is 21.7 Å². The second kappa shape index (κ2) is 8.37. The number of halogens is 1. The van der Waals surface area contributed by atoms with E-state index in [-0.39, 0.29) is 24.2 Å². The minimum absolute atomic E-state index is 0.0876. The van der Waals surface area contributed by atoms with Crippen molar-refractivity contribution < 1.29 is 13.9 Å². The average Bonchev–Trinajstić information content (AvgIpc) is 3.10. The lowest BCUT2D eigenvalue weighted by Crippen LogP contribution is -2.43. The van der Waals surface area contributed by atoms with Crippen LogP contribution in [0.5, 0.6) is 0 Å². The highest BCUT2D eigenvalue weighted by Crippen LogP contribution is 2.25. The number of thiophene rings is 1. The van der Waals surface area contributed by atoms with Crippen LogP contribution in [-0.4, -0.2) is 43.7 Å². The molecule has 1 fully saturated rings. The summed E-state index contributed by atoms with van der Waals surface area (Å²) in [6.07, 6.45) is 0.192. The number of benzene rings is 1. The Bertz CT molecular complexity index is 657. The number of carbonyl (C=O) groups excluding carboxylic acids is 1. The molecule has 0 radical (unpaired) electrons. The van der Waals surface area contributed by atoms with Gasteiger partial charge in [-0.3, -0.25) is 9.69 Å². The van der Waals surface area contributed by atoms with Crippen molar-refractivity contribution in [3.8, 4) is 0 Å². The summed E-state index contributed by atoms with van der Waals surface area (Å²) in [6, 6.07) is 10.5. The van der Waals surface area contributed by atoms with Crippen molar-refractivity contribution >= 4 is 17.2 Å². The maximum Gasteiger partial charge on any atom is 0.224 e. The number of carbonyl (C=O) groups is 1. The molecule has 1 aromatic heterocycles. The monoisotopic (exact) mass is 348 g/mol. The molecule has 24 heavy (non-hydrogen) atoms. The van der Waals surface area contributed by atoms with Crippen molar-refractivity contribution in [2.75, 3.05) is 32.8 Å². The Morgan fingerprint density at radius 3 is 2.83 bits per heavy atom. The number of hydrogen-bond acceptors (Lipinski definition) is 4. The molecule has 1 aliphatic rings. The number of morpholine rings is 1. The largest absolute Gasteiger partial charge is 0.379 e. The molecule has 0 saturated carbocycles. The summed E-state index contributed by atoms with van der Waals surface area (Å²) < 4.78 is 18.6. The van der Waals surface area contributed by atoms with Crippen molar-refractivity contribution in [3.05, 3.63) is 58.0 Å². The topological polar surface area (TPSA) is 41.6 Å². The van der Waals surface area contributed by atoms with Crippen molar-refractivity contribution in [3.63, 3.8) is 0 Å². The second-order valence-corrected chi connectivity index (χ2v) is 6.77. The van der Waals surface area contributed by atoms with Gasteiger partial charge in [-0.15, -0.1) is 11.3 Å². The Labute approximate surface area is 145 Å². The van der Waals surface area contributed by atoms with Crippen LogP contribution in [0.15, 0.2) is 41.8 Å². The maximum absolute atomic E-state index is 13.2. The van der Waals surface area contributed by atoms with E-state index in [9.17, 15) is 9.18 Å². The van der Waals surface area contributed by atoms with Gasteiger partial charge in [0.1, 0.15) is 5.82 Å². The molecule has 2 heterocycles. The molecule has 128 valence electrons. The van der Waals surface area contributed by atoms with E-state index < -0.39 is 0 Å². The quantitative estimate of drug-likeness (QED) is 0.873. The summed E-state index contributed by atoms with van der Waals surface area (Å²) in [6.45, 7) is 3.72. The third-order valence-electron chi connectivity index (χ3n) is 4.10. The highest BCUT2D eigenvalue weighted by molar-refractivity contribution is 7.10. The highest BCUT2D eigenvalue weighted by atomic mass is 32.1. The van der Waals surface area contributed by atoms with Gasteiger partial charge in [0.2, 0.25) is 5.91 Å². The zero-order valence-corrected chi connectivity index (χ0v) is 14.2. The van der Waals surface area contributed by atoms with Gasteiger partial charge in [-0.05, 0) is 29.1 Å². The number of rotatable bonds is 6. The van der Waals surface area contributed by atoms with Crippen molar-refractivity contribution in [1.29, 1.82) is 0 Å². The SMILES string of the molecule is O=C(Cc1cccc(F)c1)NCC(c1cccs1)N1CCOCC1. The highest BCUT2D eigenvalue weighted by Gasteiger charge is 2.23. The Hall–Kier alpha value is -1.76. The van der Waals surface area contributed by atoms with Crippen molar-refractivity contribution in [2.45, 2.75) is 12.5 Å². The zero-order chi connectivity index (χ0) is 16.8. The lowest BCUT2D eigenvalue weighted by molar-refractivity contribution is -0.120. The first-order valence-corrected chi connectivity index (χ1v) is 8.96. The van der Waals surface area contributed by atoms with Gasteiger partial charge < -0.3 is 10.1 Å². The van der Waals surface area contributed by atoms with Crippen LogP contribution < -0.4 is 5.32 Å². The number of nitrogens with zero attached hydrogens (tertiary/aromatic N) is 1. The van der Waals surface area contributed by atoms with Crippen molar-refractivity contribution in [2.24, 2.45) is 0 Å². The van der Waals surface area contributed by atoms with Crippen LogP contribution in [0, 0.1) is 5.82 Å².